The Morgan fingerprint density at radius 2 is 1.94 bits per heavy atom. The highest BCUT2D eigenvalue weighted by atomic mass is 16.1. The second kappa shape index (κ2) is 7.44. The second-order valence-corrected chi connectivity index (χ2v) is 4.27. The molecule has 0 aromatic heterocycles. The van der Waals surface area contributed by atoms with E-state index in [4.69, 9.17) is 0 Å². The van der Waals surface area contributed by atoms with Crippen molar-refractivity contribution in [3.8, 4) is 0 Å². The van der Waals surface area contributed by atoms with Crippen LogP contribution in [-0.2, 0) is 4.79 Å². The summed E-state index contributed by atoms with van der Waals surface area (Å²) in [6.07, 6.45) is 7.13. The third-order valence-electron chi connectivity index (χ3n) is 2.13. The summed E-state index contributed by atoms with van der Waals surface area (Å²) in [5, 5.41) is 2.82. The quantitative estimate of drug-likeness (QED) is 0.610. The van der Waals surface area contributed by atoms with E-state index in [1.807, 2.05) is 42.5 Å². The molecule has 2 nitrogen and oxygen atoms in total. The minimum Gasteiger partial charge on any atom is -0.352 e. The third kappa shape index (κ3) is 6.36. The van der Waals surface area contributed by atoms with Crippen molar-refractivity contribution >= 4 is 12.0 Å². The molecule has 90 valence electrons. The van der Waals surface area contributed by atoms with Crippen LogP contribution in [0.15, 0.2) is 48.6 Å². The van der Waals surface area contributed by atoms with Crippen LogP contribution < -0.4 is 5.32 Å². The molecule has 0 spiro atoms. The highest BCUT2D eigenvalue weighted by molar-refractivity contribution is 5.87. The van der Waals surface area contributed by atoms with Gasteiger partial charge in [0.2, 0.25) is 5.91 Å². The fourth-order valence-corrected chi connectivity index (χ4v) is 1.24. The van der Waals surface area contributed by atoms with Crippen molar-refractivity contribution in [2.75, 3.05) is 6.54 Å². The maximum atomic E-state index is 11.3. The molecule has 0 unspecified atom stereocenters. The first-order chi connectivity index (χ1) is 8.18. The number of rotatable bonds is 5. The zero-order chi connectivity index (χ0) is 12.5. The van der Waals surface area contributed by atoms with Gasteiger partial charge in [0.1, 0.15) is 0 Å². The monoisotopic (exact) mass is 229 g/mol. The fraction of sp³-hybridized carbons (Fsp3) is 0.267. The minimum atomic E-state index is -0.0450. The van der Waals surface area contributed by atoms with E-state index in [-0.39, 0.29) is 5.91 Å². The molecule has 0 saturated carbocycles. The molecule has 0 atom stereocenters. The Labute approximate surface area is 103 Å². The van der Waals surface area contributed by atoms with Gasteiger partial charge in [-0.1, -0.05) is 62.4 Å². The van der Waals surface area contributed by atoms with Gasteiger partial charge in [-0.15, -0.1) is 0 Å². The maximum absolute atomic E-state index is 11.3. The number of nitrogens with one attached hydrogen (secondary N) is 1. The van der Waals surface area contributed by atoms with Gasteiger partial charge in [-0.25, -0.2) is 0 Å². The summed E-state index contributed by atoms with van der Waals surface area (Å²) in [5.74, 6) is 0.434. The molecular weight excluding hydrogens is 210 g/mol. The molecule has 0 fully saturated rings. The standard InChI is InChI=1S/C15H19NO/c1-13(2)12-16-15(17)11-7-6-10-14-8-4-3-5-9-14/h3-11,13H,12H2,1-2H3,(H,16,17)/b10-6+,11-7+. The van der Waals surface area contributed by atoms with Gasteiger partial charge in [0.15, 0.2) is 0 Å². The predicted octanol–water partition coefficient (Wildman–Crippen LogP) is 3.03. The van der Waals surface area contributed by atoms with E-state index in [9.17, 15) is 4.79 Å². The topological polar surface area (TPSA) is 29.1 Å². The third-order valence-corrected chi connectivity index (χ3v) is 2.13. The van der Waals surface area contributed by atoms with Crippen LogP contribution >= 0.6 is 0 Å². The van der Waals surface area contributed by atoms with Gasteiger partial charge in [0, 0.05) is 12.6 Å². The van der Waals surface area contributed by atoms with Crippen LogP contribution in [0.4, 0.5) is 0 Å². The van der Waals surface area contributed by atoms with Crippen LogP contribution in [0.2, 0.25) is 0 Å². The summed E-state index contributed by atoms with van der Waals surface area (Å²) in [6.45, 7) is 4.85. The van der Waals surface area contributed by atoms with Crippen LogP contribution in [0.5, 0.6) is 0 Å². The summed E-state index contributed by atoms with van der Waals surface area (Å²) in [6, 6.07) is 9.98. The highest BCUT2D eigenvalue weighted by Gasteiger charge is 1.95. The van der Waals surface area contributed by atoms with Gasteiger partial charge in [0.05, 0.1) is 0 Å². The first kappa shape index (κ1) is 13.2. The van der Waals surface area contributed by atoms with Crippen LogP contribution in [0.25, 0.3) is 6.08 Å². The molecule has 0 aliphatic rings. The Morgan fingerprint density at radius 3 is 2.59 bits per heavy atom. The minimum absolute atomic E-state index is 0.0450. The van der Waals surface area contributed by atoms with Crippen molar-refractivity contribution in [3.05, 3.63) is 54.1 Å². The van der Waals surface area contributed by atoms with E-state index in [1.165, 1.54) is 0 Å². The van der Waals surface area contributed by atoms with Gasteiger partial charge >= 0.3 is 0 Å². The van der Waals surface area contributed by atoms with Crippen molar-refractivity contribution in [1.29, 1.82) is 0 Å². The van der Waals surface area contributed by atoms with Crippen LogP contribution in [0.1, 0.15) is 19.4 Å². The van der Waals surface area contributed by atoms with Crippen LogP contribution in [-0.4, -0.2) is 12.5 Å². The van der Waals surface area contributed by atoms with Crippen molar-refractivity contribution < 1.29 is 4.79 Å². The molecule has 1 rings (SSSR count). The van der Waals surface area contributed by atoms with Gasteiger partial charge in [-0.2, -0.15) is 0 Å². The van der Waals surface area contributed by atoms with Gasteiger partial charge in [-0.05, 0) is 11.5 Å². The molecule has 1 N–H and O–H groups in total. The summed E-state index contributed by atoms with van der Waals surface area (Å²) < 4.78 is 0. The zero-order valence-electron chi connectivity index (χ0n) is 10.4. The van der Waals surface area contributed by atoms with Crippen molar-refractivity contribution in [3.63, 3.8) is 0 Å². The van der Waals surface area contributed by atoms with E-state index < -0.39 is 0 Å². The smallest absolute Gasteiger partial charge is 0.243 e. The molecule has 1 aromatic carbocycles. The number of allylic oxidation sites excluding steroid dienone is 2. The second-order valence-electron chi connectivity index (χ2n) is 4.27. The van der Waals surface area contributed by atoms with Crippen LogP contribution in [0.3, 0.4) is 0 Å². The molecule has 17 heavy (non-hydrogen) atoms. The van der Waals surface area contributed by atoms with E-state index >= 15 is 0 Å². The van der Waals surface area contributed by atoms with E-state index in [2.05, 4.69) is 19.2 Å². The Hall–Kier alpha value is -1.83. The Bertz CT molecular complexity index is 391. The molecule has 0 aliphatic heterocycles. The summed E-state index contributed by atoms with van der Waals surface area (Å²) in [7, 11) is 0. The van der Waals surface area contributed by atoms with E-state index in [0.717, 1.165) is 5.56 Å². The first-order valence-corrected chi connectivity index (χ1v) is 5.86. The van der Waals surface area contributed by atoms with Crippen molar-refractivity contribution in [1.82, 2.24) is 5.32 Å². The van der Waals surface area contributed by atoms with E-state index in [1.54, 1.807) is 12.2 Å². The lowest BCUT2D eigenvalue weighted by Crippen LogP contribution is -2.25. The van der Waals surface area contributed by atoms with E-state index in [0.29, 0.717) is 12.5 Å². The maximum Gasteiger partial charge on any atom is 0.243 e. The lowest BCUT2D eigenvalue weighted by atomic mass is 10.2. The Kier molecular flexibility index (Phi) is 5.80. The zero-order valence-corrected chi connectivity index (χ0v) is 10.4. The number of benzene rings is 1. The number of carbonyl (C=O) groups excluding carboxylic acids is 1. The summed E-state index contributed by atoms with van der Waals surface area (Å²) in [4.78, 5) is 11.3. The number of amides is 1. The largest absolute Gasteiger partial charge is 0.352 e. The lowest BCUT2D eigenvalue weighted by Gasteiger charge is -2.03. The first-order valence-electron chi connectivity index (χ1n) is 5.86. The average molecular weight is 229 g/mol. The average Bonchev–Trinajstić information content (AvgIpc) is 2.33. The number of hydrogen-bond acceptors (Lipinski definition) is 1. The normalized spacial score (nSPS) is 11.5. The molecule has 1 amide bonds. The Morgan fingerprint density at radius 1 is 1.24 bits per heavy atom. The van der Waals surface area contributed by atoms with Gasteiger partial charge in [-0.3, -0.25) is 4.79 Å². The van der Waals surface area contributed by atoms with Crippen molar-refractivity contribution in [2.45, 2.75) is 13.8 Å². The van der Waals surface area contributed by atoms with Gasteiger partial charge < -0.3 is 5.32 Å². The molecule has 0 saturated heterocycles. The molecule has 2 heteroatoms. The number of carbonyl (C=O) groups is 1. The highest BCUT2D eigenvalue weighted by Crippen LogP contribution is 2.00. The van der Waals surface area contributed by atoms with Crippen LogP contribution in [0, 0.1) is 5.92 Å². The van der Waals surface area contributed by atoms with Gasteiger partial charge in [0.25, 0.3) is 0 Å². The molecule has 0 radical (unpaired) electrons. The Balaban J connectivity index is 2.35. The molecule has 0 bridgehead atoms. The molecular formula is C15H19NO. The SMILES string of the molecule is CC(C)CNC(=O)/C=C/C=C/c1ccccc1. The van der Waals surface area contributed by atoms with Crippen molar-refractivity contribution in [2.24, 2.45) is 5.92 Å². The predicted molar refractivity (Wildman–Crippen MR) is 72.5 cm³/mol. The molecule has 1 aromatic rings. The fourth-order valence-electron chi connectivity index (χ4n) is 1.24. The molecule has 0 heterocycles. The summed E-state index contributed by atoms with van der Waals surface area (Å²) in [5.41, 5.74) is 1.12. The lowest BCUT2D eigenvalue weighted by molar-refractivity contribution is -0.116. The number of hydrogen-bond donors (Lipinski definition) is 1. The molecule has 0 aliphatic carbocycles. The summed E-state index contributed by atoms with van der Waals surface area (Å²) >= 11 is 0.